The molecule has 0 aromatic carbocycles. The van der Waals surface area contributed by atoms with Crippen LogP contribution in [0.4, 0.5) is 13.3 Å². The molecule has 13 heavy (non-hydrogen) atoms. The monoisotopic (exact) mass is 195 g/mol. The van der Waals surface area contributed by atoms with Crippen molar-refractivity contribution in [2.24, 2.45) is 0 Å². The van der Waals surface area contributed by atoms with Crippen molar-refractivity contribution in [3.05, 3.63) is 0 Å². The molecule has 1 nitrogen and oxygen atoms in total. The van der Waals surface area contributed by atoms with E-state index in [-0.39, 0.29) is 11.1 Å². The first kappa shape index (κ1) is 12.8. The molecule has 78 valence electrons. The van der Waals surface area contributed by atoms with Gasteiger partial charge in [-0.15, -0.1) is 0 Å². The second kappa shape index (κ2) is 6.30. The molecule has 0 aromatic rings. The molecular weight excluding hydrogens is 178 g/mol. The topological polar surface area (TPSA) is 3.24 Å². The van der Waals surface area contributed by atoms with Crippen LogP contribution in [0.1, 0.15) is 32.1 Å². The van der Waals surface area contributed by atoms with E-state index in [1.807, 2.05) is 11.9 Å². The maximum atomic E-state index is 12.0. The zero-order valence-corrected chi connectivity index (χ0v) is 8.01. The van der Waals surface area contributed by atoms with Crippen molar-refractivity contribution in [1.29, 1.82) is 0 Å². The molecule has 1 fully saturated rings. The van der Waals surface area contributed by atoms with Crippen LogP contribution in [0.3, 0.4) is 0 Å². The Balaban J connectivity index is 0.00000144. The summed E-state index contributed by atoms with van der Waals surface area (Å²) in [6, 6.07) is 0.410. The van der Waals surface area contributed by atoms with Crippen molar-refractivity contribution in [2.45, 2.75) is 38.1 Å². The van der Waals surface area contributed by atoms with Gasteiger partial charge in [-0.25, -0.2) is 0 Å². The van der Waals surface area contributed by atoms with Gasteiger partial charge < -0.3 is 4.90 Å². The van der Waals surface area contributed by atoms with Crippen LogP contribution >= 0.6 is 0 Å². The van der Waals surface area contributed by atoms with Crippen LogP contribution in [0, 0.1) is 0 Å². The van der Waals surface area contributed by atoms with Crippen LogP contribution in [-0.2, 0) is 0 Å². The molecule has 0 amide bonds. The molecule has 0 saturated heterocycles. The molecule has 1 aliphatic carbocycles. The predicted octanol–water partition coefficient (Wildman–Crippen LogP) is 2.37. The Morgan fingerprint density at radius 2 is 1.77 bits per heavy atom. The van der Waals surface area contributed by atoms with Crippen molar-refractivity contribution in [3.63, 3.8) is 0 Å². The fourth-order valence-corrected chi connectivity index (χ4v) is 1.89. The highest BCUT2D eigenvalue weighted by molar-refractivity contribution is 6.42. The largest absolute Gasteiger partial charge is 0.551 e. The third-order valence-electron chi connectivity index (χ3n) is 2.62. The molecule has 0 spiro atoms. The molecule has 1 saturated carbocycles. The molecule has 1 aliphatic rings. The molecular formula is C8H17BF3N. The van der Waals surface area contributed by atoms with Crippen molar-refractivity contribution in [1.82, 2.24) is 4.90 Å². The highest BCUT2D eigenvalue weighted by Gasteiger charge is 2.23. The average Bonchev–Trinajstić information content (AvgIpc) is 2.05. The fourth-order valence-electron chi connectivity index (χ4n) is 1.89. The lowest BCUT2D eigenvalue weighted by atomic mass is 9.91. The van der Waals surface area contributed by atoms with Gasteiger partial charge >= 0.3 is 7.27 Å². The maximum Gasteiger partial charge on any atom is 0.551 e. The van der Waals surface area contributed by atoms with Crippen molar-refractivity contribution >= 4 is 7.27 Å². The first-order valence-corrected chi connectivity index (χ1v) is 4.68. The van der Waals surface area contributed by atoms with Crippen LogP contribution in [0.25, 0.3) is 0 Å². The third kappa shape index (κ3) is 4.55. The fraction of sp³-hybridized carbons (Fsp3) is 1.00. The van der Waals surface area contributed by atoms with Gasteiger partial charge in [0.2, 0.25) is 0 Å². The lowest BCUT2D eigenvalue weighted by molar-refractivity contribution is 0.210. The lowest BCUT2D eigenvalue weighted by Gasteiger charge is -2.30. The molecule has 0 aliphatic heterocycles. The van der Waals surface area contributed by atoms with E-state index in [9.17, 15) is 8.63 Å². The van der Waals surface area contributed by atoms with Crippen LogP contribution in [0.2, 0.25) is 0 Å². The van der Waals surface area contributed by atoms with Crippen molar-refractivity contribution in [3.8, 4) is 0 Å². The number of rotatable bonds is 3. The zero-order chi connectivity index (χ0) is 8.97. The molecule has 0 N–H and O–H groups in total. The zero-order valence-electron chi connectivity index (χ0n) is 8.01. The van der Waals surface area contributed by atoms with Crippen molar-refractivity contribution in [2.75, 3.05) is 13.5 Å². The van der Waals surface area contributed by atoms with Gasteiger partial charge in [-0.3, -0.25) is 13.3 Å². The minimum Gasteiger partial charge on any atom is -0.305 e. The van der Waals surface area contributed by atoms with Gasteiger partial charge in [0.1, 0.15) is 0 Å². The second-order valence-corrected chi connectivity index (χ2v) is 3.62. The Labute approximate surface area is 78.0 Å². The van der Waals surface area contributed by atoms with Gasteiger partial charge in [-0.1, -0.05) is 19.3 Å². The second-order valence-electron chi connectivity index (χ2n) is 3.62. The van der Waals surface area contributed by atoms with Crippen LogP contribution in [0.5, 0.6) is 0 Å². The minimum absolute atomic E-state index is 0. The minimum atomic E-state index is -2.18. The van der Waals surface area contributed by atoms with Crippen LogP contribution in [-0.4, -0.2) is 31.7 Å². The summed E-state index contributed by atoms with van der Waals surface area (Å²) < 4.78 is 24.0. The Morgan fingerprint density at radius 3 is 2.23 bits per heavy atom. The normalized spacial score (nSPS) is 18.5. The standard InChI is InChI=1S/C8H16BF2N.FH/c1-12(7-9(10)11)8-5-3-2-4-6-8;/h8H,2-7H2,1H3;1H. The third-order valence-corrected chi connectivity index (χ3v) is 2.62. The Morgan fingerprint density at radius 1 is 1.23 bits per heavy atom. The molecule has 0 bridgehead atoms. The van der Waals surface area contributed by atoms with Gasteiger partial charge in [-0.05, 0) is 19.9 Å². The summed E-state index contributed by atoms with van der Waals surface area (Å²) in [5, 5.41) is 0. The lowest BCUT2D eigenvalue weighted by Crippen LogP contribution is -2.37. The van der Waals surface area contributed by atoms with Crippen LogP contribution in [0.15, 0.2) is 0 Å². The molecule has 0 atom stereocenters. The Hall–Kier alpha value is -0.185. The van der Waals surface area contributed by atoms with E-state index in [1.165, 1.54) is 19.3 Å². The van der Waals surface area contributed by atoms with Crippen LogP contribution < -0.4 is 0 Å². The molecule has 5 heteroatoms. The number of hydrogen-bond donors (Lipinski definition) is 0. The summed E-state index contributed by atoms with van der Waals surface area (Å²) in [5.41, 5.74) is 0. The maximum absolute atomic E-state index is 12.0. The van der Waals surface area contributed by atoms with E-state index in [1.54, 1.807) is 0 Å². The Bertz CT molecular complexity index is 129. The van der Waals surface area contributed by atoms with E-state index >= 15 is 0 Å². The quantitative estimate of drug-likeness (QED) is 0.625. The van der Waals surface area contributed by atoms with E-state index in [2.05, 4.69) is 0 Å². The molecule has 0 aromatic heterocycles. The highest BCUT2D eigenvalue weighted by Crippen LogP contribution is 2.21. The summed E-state index contributed by atoms with van der Waals surface area (Å²) in [4.78, 5) is 1.81. The van der Waals surface area contributed by atoms with E-state index < -0.39 is 7.27 Å². The summed E-state index contributed by atoms with van der Waals surface area (Å²) in [6.07, 6.45) is 5.83. The number of hydrogen-bond acceptors (Lipinski definition) is 1. The SMILES string of the molecule is CN(CB(F)F)C1CCCCC1.F. The van der Waals surface area contributed by atoms with Gasteiger partial charge in [0.05, 0.1) is 0 Å². The first-order valence-electron chi connectivity index (χ1n) is 4.68. The van der Waals surface area contributed by atoms with Gasteiger partial charge in [0.15, 0.2) is 0 Å². The molecule has 0 unspecified atom stereocenters. The number of nitrogens with zero attached hydrogens (tertiary/aromatic N) is 1. The summed E-state index contributed by atoms with van der Waals surface area (Å²) in [6.45, 7) is 0. The summed E-state index contributed by atoms with van der Waals surface area (Å²) >= 11 is 0. The molecule has 1 rings (SSSR count). The number of halogens is 3. The Kier molecular flexibility index (Phi) is 6.21. The van der Waals surface area contributed by atoms with E-state index in [4.69, 9.17) is 0 Å². The summed E-state index contributed by atoms with van der Waals surface area (Å²) in [5.74, 6) is 0. The van der Waals surface area contributed by atoms with Gasteiger partial charge in [-0.2, -0.15) is 0 Å². The van der Waals surface area contributed by atoms with E-state index in [0.29, 0.717) is 6.04 Å². The van der Waals surface area contributed by atoms with Crippen molar-refractivity contribution < 1.29 is 13.3 Å². The smallest absolute Gasteiger partial charge is 0.305 e. The predicted molar refractivity (Wildman–Crippen MR) is 50.0 cm³/mol. The summed E-state index contributed by atoms with van der Waals surface area (Å²) in [7, 11) is -0.376. The highest BCUT2D eigenvalue weighted by atomic mass is 19.2. The molecule has 0 heterocycles. The van der Waals surface area contributed by atoms with Gasteiger partial charge in [0, 0.05) is 12.5 Å². The van der Waals surface area contributed by atoms with Gasteiger partial charge in [0.25, 0.3) is 0 Å². The average molecular weight is 195 g/mol. The first-order chi connectivity index (χ1) is 5.70. The van der Waals surface area contributed by atoms with E-state index in [0.717, 1.165) is 12.8 Å². The molecule has 0 radical (unpaired) electrons.